The van der Waals surface area contributed by atoms with E-state index in [-0.39, 0.29) is 29.8 Å². The Morgan fingerprint density at radius 3 is 1.92 bits per heavy atom. The Labute approximate surface area is 281 Å². The SMILES string of the molecule is CC(=O)O[C@@H]1[C@H](C)/C=C\C(C)(C)C(=O)C[C@@H](OC(=O)c2ccccc2)C(CO)=C[C@H]2[C@@H](OC(=O)c3ccccc3)[C@H](C)C[C@]12OC(C)=O. The summed E-state index contributed by atoms with van der Waals surface area (Å²) >= 11 is 0. The molecule has 7 atom stereocenters. The number of rotatable bonds is 7. The molecule has 0 bridgehead atoms. The first kappa shape index (κ1) is 36.3. The molecular formula is C38H44O10. The summed E-state index contributed by atoms with van der Waals surface area (Å²) in [7, 11) is 0. The molecule has 1 N–H and O–H groups in total. The fourth-order valence-corrected chi connectivity index (χ4v) is 6.68. The number of benzene rings is 2. The fourth-order valence-electron chi connectivity index (χ4n) is 6.68. The van der Waals surface area contributed by atoms with E-state index in [0.29, 0.717) is 5.56 Å². The molecule has 2 aliphatic carbocycles. The van der Waals surface area contributed by atoms with Crippen molar-refractivity contribution in [2.45, 2.75) is 78.3 Å². The summed E-state index contributed by atoms with van der Waals surface area (Å²) < 4.78 is 24.2. The van der Waals surface area contributed by atoms with Crippen LogP contribution in [0.15, 0.2) is 84.5 Å². The van der Waals surface area contributed by atoms with Gasteiger partial charge in [0.15, 0.2) is 5.60 Å². The zero-order valence-electron chi connectivity index (χ0n) is 28.2. The molecule has 256 valence electrons. The normalized spacial score (nSPS) is 29.1. The molecule has 0 unspecified atom stereocenters. The Bertz CT molecular complexity index is 1560. The summed E-state index contributed by atoms with van der Waals surface area (Å²) in [6.07, 6.45) is 1.55. The summed E-state index contributed by atoms with van der Waals surface area (Å²) in [6, 6.07) is 16.6. The van der Waals surface area contributed by atoms with Crippen molar-refractivity contribution >= 4 is 29.7 Å². The van der Waals surface area contributed by atoms with Gasteiger partial charge in [-0.25, -0.2) is 9.59 Å². The first-order chi connectivity index (χ1) is 22.7. The minimum absolute atomic E-state index is 0.117. The zero-order chi connectivity index (χ0) is 35.2. The summed E-state index contributed by atoms with van der Waals surface area (Å²) in [4.78, 5) is 66.1. The monoisotopic (exact) mass is 660 g/mol. The number of aliphatic hydroxyl groups excluding tert-OH is 1. The molecule has 0 spiro atoms. The summed E-state index contributed by atoms with van der Waals surface area (Å²) in [6.45, 7) is 8.88. The number of carbonyl (C=O) groups is 5. The summed E-state index contributed by atoms with van der Waals surface area (Å²) in [5.74, 6) is -4.95. The van der Waals surface area contributed by atoms with Gasteiger partial charge in [-0.1, -0.05) is 68.5 Å². The van der Waals surface area contributed by atoms with E-state index in [4.69, 9.17) is 18.9 Å². The maximum absolute atomic E-state index is 13.8. The van der Waals surface area contributed by atoms with Gasteiger partial charge in [-0.3, -0.25) is 14.4 Å². The second kappa shape index (κ2) is 15.1. The Morgan fingerprint density at radius 2 is 1.40 bits per heavy atom. The first-order valence-corrected chi connectivity index (χ1v) is 16.1. The standard InChI is InChI=1S/C38H44O10/c1-23-17-18-37(5,6)32(42)20-31(46-35(43)27-13-9-7-10-14-27)29(22-39)19-30-33(47-36(44)28-15-11-8-12-16-28)24(2)21-38(30,48-26(4)41)34(23)45-25(3)40/h7-19,23-24,30-31,33-34,39H,20-22H2,1-6H3/b18-17-,29-19?/t23-,24-,30+,31-,33+,34-,38-/m1/s1. The number of carbonyl (C=O) groups excluding carboxylic acids is 5. The number of hydrogen-bond donors (Lipinski definition) is 1. The fraction of sp³-hybridized carbons (Fsp3) is 0.447. The van der Waals surface area contributed by atoms with E-state index in [1.54, 1.807) is 99.7 Å². The van der Waals surface area contributed by atoms with Gasteiger partial charge < -0.3 is 24.1 Å². The minimum atomic E-state index is -1.59. The van der Waals surface area contributed by atoms with Crippen LogP contribution in [0.5, 0.6) is 0 Å². The molecule has 0 radical (unpaired) electrons. The lowest BCUT2D eigenvalue weighted by molar-refractivity contribution is -0.195. The zero-order valence-corrected chi connectivity index (χ0v) is 28.2. The average molecular weight is 661 g/mol. The smallest absolute Gasteiger partial charge is 0.338 e. The number of hydrogen-bond acceptors (Lipinski definition) is 10. The molecule has 0 aromatic heterocycles. The quantitative estimate of drug-likeness (QED) is 0.232. The van der Waals surface area contributed by atoms with Gasteiger partial charge in [0.05, 0.1) is 23.7 Å². The van der Waals surface area contributed by atoms with Gasteiger partial charge in [0, 0.05) is 31.6 Å². The van der Waals surface area contributed by atoms with Crippen molar-refractivity contribution in [1.82, 2.24) is 0 Å². The Balaban J connectivity index is 1.96. The number of fused-ring (bicyclic) bond motifs is 1. The van der Waals surface area contributed by atoms with Crippen molar-refractivity contribution in [2.75, 3.05) is 6.61 Å². The van der Waals surface area contributed by atoms with Gasteiger partial charge in [-0.2, -0.15) is 0 Å². The average Bonchev–Trinajstić information content (AvgIpc) is 3.30. The molecular weight excluding hydrogens is 616 g/mol. The highest BCUT2D eigenvalue weighted by atomic mass is 16.6. The first-order valence-electron chi connectivity index (χ1n) is 16.1. The van der Waals surface area contributed by atoms with E-state index < -0.39 is 77.6 Å². The molecule has 2 aromatic rings. The second-order valence-corrected chi connectivity index (χ2v) is 13.2. The van der Waals surface area contributed by atoms with Crippen LogP contribution in [0.25, 0.3) is 0 Å². The molecule has 4 rings (SSSR count). The van der Waals surface area contributed by atoms with Crippen molar-refractivity contribution in [3.63, 3.8) is 0 Å². The van der Waals surface area contributed by atoms with Crippen LogP contribution in [-0.4, -0.2) is 65.3 Å². The number of esters is 4. The number of Topliss-reactive ketones (excluding diaryl/α,β-unsaturated/α-hetero) is 1. The van der Waals surface area contributed by atoms with Crippen molar-refractivity contribution < 1.29 is 48.0 Å². The van der Waals surface area contributed by atoms with Crippen LogP contribution < -0.4 is 0 Å². The lowest BCUT2D eigenvalue weighted by atomic mass is 9.75. The van der Waals surface area contributed by atoms with E-state index >= 15 is 0 Å². The van der Waals surface area contributed by atoms with E-state index in [9.17, 15) is 29.1 Å². The molecule has 0 heterocycles. The summed E-state index contributed by atoms with van der Waals surface area (Å²) in [5.41, 5.74) is -1.97. The lowest BCUT2D eigenvalue weighted by Gasteiger charge is -2.43. The molecule has 1 saturated carbocycles. The van der Waals surface area contributed by atoms with E-state index in [1.165, 1.54) is 13.8 Å². The van der Waals surface area contributed by atoms with Crippen molar-refractivity contribution in [3.8, 4) is 0 Å². The van der Waals surface area contributed by atoms with Crippen LogP contribution >= 0.6 is 0 Å². The van der Waals surface area contributed by atoms with E-state index in [0.717, 1.165) is 0 Å². The predicted octanol–water partition coefficient (Wildman–Crippen LogP) is 5.44. The highest BCUT2D eigenvalue weighted by Gasteiger charge is 2.62. The molecule has 0 amide bonds. The lowest BCUT2D eigenvalue weighted by Crippen LogP contribution is -2.55. The van der Waals surface area contributed by atoms with Gasteiger partial charge in [0.25, 0.3) is 0 Å². The molecule has 1 fully saturated rings. The third-order valence-corrected chi connectivity index (χ3v) is 9.11. The van der Waals surface area contributed by atoms with Gasteiger partial charge >= 0.3 is 23.9 Å². The largest absolute Gasteiger partial charge is 0.458 e. The number of aliphatic hydroxyl groups is 1. The second-order valence-electron chi connectivity index (χ2n) is 13.2. The van der Waals surface area contributed by atoms with Crippen LogP contribution in [0.3, 0.4) is 0 Å². The van der Waals surface area contributed by atoms with Crippen molar-refractivity contribution in [3.05, 3.63) is 95.6 Å². The Morgan fingerprint density at radius 1 is 0.833 bits per heavy atom. The molecule has 10 heteroatoms. The molecule has 10 nitrogen and oxygen atoms in total. The Kier molecular flexibility index (Phi) is 11.4. The summed E-state index contributed by atoms with van der Waals surface area (Å²) in [5, 5.41) is 10.8. The third-order valence-electron chi connectivity index (χ3n) is 9.11. The van der Waals surface area contributed by atoms with Crippen molar-refractivity contribution in [2.24, 2.45) is 23.2 Å². The highest BCUT2D eigenvalue weighted by molar-refractivity contribution is 5.91. The molecule has 0 aliphatic heterocycles. The maximum atomic E-state index is 13.8. The van der Waals surface area contributed by atoms with E-state index in [2.05, 4.69) is 0 Å². The van der Waals surface area contributed by atoms with Crippen molar-refractivity contribution in [1.29, 1.82) is 0 Å². The number of allylic oxidation sites excluding steroid dienone is 1. The maximum Gasteiger partial charge on any atom is 0.338 e. The Hall–Kier alpha value is -4.57. The topological polar surface area (TPSA) is 143 Å². The minimum Gasteiger partial charge on any atom is -0.458 e. The number of ketones is 1. The van der Waals surface area contributed by atoms with Gasteiger partial charge in [0.2, 0.25) is 0 Å². The van der Waals surface area contributed by atoms with Crippen LogP contribution in [0, 0.1) is 23.2 Å². The molecule has 0 saturated heterocycles. The van der Waals surface area contributed by atoms with E-state index in [1.807, 2.05) is 6.92 Å². The number of ether oxygens (including phenoxy) is 4. The highest BCUT2D eigenvalue weighted by Crippen LogP contribution is 2.51. The molecule has 2 aromatic carbocycles. The van der Waals surface area contributed by atoms with Crippen LogP contribution in [0.1, 0.15) is 75.1 Å². The molecule has 2 aliphatic rings. The van der Waals surface area contributed by atoms with Crippen LogP contribution in [-0.2, 0) is 33.3 Å². The third kappa shape index (κ3) is 8.10. The molecule has 48 heavy (non-hydrogen) atoms. The van der Waals surface area contributed by atoms with Gasteiger partial charge in [-0.15, -0.1) is 0 Å². The van der Waals surface area contributed by atoms with Gasteiger partial charge in [0.1, 0.15) is 24.1 Å². The predicted molar refractivity (Wildman–Crippen MR) is 175 cm³/mol. The van der Waals surface area contributed by atoms with Crippen LogP contribution in [0.4, 0.5) is 0 Å². The van der Waals surface area contributed by atoms with Crippen LogP contribution in [0.2, 0.25) is 0 Å². The van der Waals surface area contributed by atoms with Gasteiger partial charge in [-0.05, 0) is 56.0 Å².